The van der Waals surface area contributed by atoms with Crippen molar-refractivity contribution in [3.63, 3.8) is 0 Å². The Morgan fingerprint density at radius 1 is 0.485 bits per heavy atom. The molecular formula is C56H95O9P. The highest BCUT2D eigenvalue weighted by atomic mass is 31.2. The largest absolute Gasteiger partial charge is 0.472 e. The molecule has 0 rings (SSSR count). The summed E-state index contributed by atoms with van der Waals surface area (Å²) in [6, 6.07) is 0. The first-order valence-electron chi connectivity index (χ1n) is 25.9. The Kier molecular flexibility index (Phi) is 49.3. The molecule has 0 saturated heterocycles. The molecule has 0 bridgehead atoms. The number of unbranched alkanes of at least 4 members (excludes halogenated alkanes) is 16. The van der Waals surface area contributed by atoms with E-state index in [1.807, 2.05) is 0 Å². The van der Waals surface area contributed by atoms with E-state index in [0.29, 0.717) is 13.0 Å². The van der Waals surface area contributed by atoms with Gasteiger partial charge in [-0.25, -0.2) is 4.57 Å². The lowest BCUT2D eigenvalue weighted by molar-refractivity contribution is -0.154. The molecule has 0 saturated carbocycles. The lowest BCUT2D eigenvalue weighted by Crippen LogP contribution is -2.29. The van der Waals surface area contributed by atoms with Crippen LogP contribution in [0, 0.1) is 0 Å². The Labute approximate surface area is 403 Å². The van der Waals surface area contributed by atoms with E-state index in [0.717, 1.165) is 96.3 Å². The zero-order chi connectivity index (χ0) is 48.1. The number of hydrogen-bond acceptors (Lipinski definition) is 8. The van der Waals surface area contributed by atoms with E-state index < -0.39 is 45.8 Å². The van der Waals surface area contributed by atoms with Gasteiger partial charge in [0.15, 0.2) is 0 Å². The number of rotatable bonds is 48. The van der Waals surface area contributed by atoms with Crippen molar-refractivity contribution in [2.24, 2.45) is 0 Å². The fourth-order valence-corrected chi connectivity index (χ4v) is 7.33. The van der Waals surface area contributed by atoms with Crippen LogP contribution in [0.2, 0.25) is 0 Å². The van der Waals surface area contributed by atoms with Crippen LogP contribution < -0.4 is 0 Å². The highest BCUT2D eigenvalue weighted by molar-refractivity contribution is 7.47. The minimum atomic E-state index is -4.55. The van der Waals surface area contributed by atoms with Crippen molar-refractivity contribution >= 4 is 13.8 Å². The first-order chi connectivity index (χ1) is 32.3. The Bertz CT molecular complexity index is 1390. The summed E-state index contributed by atoms with van der Waals surface area (Å²) in [6.45, 7) is 3.26. The molecule has 0 spiro atoms. The summed E-state index contributed by atoms with van der Waals surface area (Å²) in [4.78, 5) is 22.7. The van der Waals surface area contributed by atoms with Crippen molar-refractivity contribution < 1.29 is 43.0 Å². The Hall–Kier alpha value is -2.88. The van der Waals surface area contributed by atoms with Crippen LogP contribution in [0.5, 0.6) is 0 Å². The van der Waals surface area contributed by atoms with Gasteiger partial charge in [-0.05, 0) is 103 Å². The predicted octanol–water partition coefficient (Wildman–Crippen LogP) is 15.4. The standard InChI is InChI=1S/C56H95O9P/c1-3-5-7-9-11-13-15-17-19-21-23-25-26-27-29-31-33-35-37-39-41-43-45-47-49-62-52-55(53-64-66(60,61)63-51-54(58)50-57)65-56(59)48-46-44-42-40-38-36-34-32-30-28-24-22-20-18-16-14-12-10-8-6-4-2/h5,7,11,13,16-19,22-25,27,29,33,35,39,41,54-55,57-58H,3-4,6,8-10,12,14-15,20-21,26,28,30-32,34,36-38,40,42-53H2,1-2H3,(H,60,61)/b7-5-,13-11-,18-16-,19-17-,24-22-,25-23-,29-27-,35-33-,41-39-. The average molecular weight is 943 g/mol. The lowest BCUT2D eigenvalue weighted by atomic mass is 10.1. The molecule has 3 atom stereocenters. The molecule has 0 aromatic heterocycles. The minimum absolute atomic E-state index is 0.0104. The van der Waals surface area contributed by atoms with Gasteiger partial charge in [-0.2, -0.15) is 0 Å². The second kappa shape index (κ2) is 51.5. The SMILES string of the molecule is CC/C=C\C/C=C\C/C=C\C/C=C\C/C=C\C/C=C\C/C=C\CCCCOCC(COP(=O)(O)OCC(O)CO)OC(=O)CCCCCCCCCCC/C=C\C/C=C\CCCCCCC. The molecule has 3 N–H and O–H groups in total. The van der Waals surface area contributed by atoms with Crippen molar-refractivity contribution in [1.29, 1.82) is 0 Å². The first kappa shape index (κ1) is 63.1. The van der Waals surface area contributed by atoms with E-state index in [9.17, 15) is 19.4 Å². The van der Waals surface area contributed by atoms with Crippen LogP contribution in [0.3, 0.4) is 0 Å². The van der Waals surface area contributed by atoms with Gasteiger partial charge in [0.2, 0.25) is 0 Å². The summed E-state index contributed by atoms with van der Waals surface area (Å²) < 4.78 is 33.5. The van der Waals surface area contributed by atoms with Crippen LogP contribution in [0.4, 0.5) is 0 Å². The molecule has 0 heterocycles. The molecule has 0 aliphatic rings. The van der Waals surface area contributed by atoms with Crippen LogP contribution in [0.1, 0.15) is 194 Å². The van der Waals surface area contributed by atoms with Gasteiger partial charge < -0.3 is 24.6 Å². The van der Waals surface area contributed by atoms with Crippen molar-refractivity contribution in [1.82, 2.24) is 0 Å². The van der Waals surface area contributed by atoms with Gasteiger partial charge in [0.05, 0.1) is 26.4 Å². The van der Waals surface area contributed by atoms with E-state index in [4.69, 9.17) is 23.6 Å². The van der Waals surface area contributed by atoms with Gasteiger partial charge in [-0.3, -0.25) is 13.8 Å². The van der Waals surface area contributed by atoms with Crippen molar-refractivity contribution in [3.8, 4) is 0 Å². The number of allylic oxidation sites excluding steroid dienone is 18. The quantitative estimate of drug-likeness (QED) is 0.0236. The van der Waals surface area contributed by atoms with Gasteiger partial charge in [-0.1, -0.05) is 194 Å². The molecule has 0 fully saturated rings. The third kappa shape index (κ3) is 50.5. The van der Waals surface area contributed by atoms with E-state index >= 15 is 0 Å². The lowest BCUT2D eigenvalue weighted by Gasteiger charge is -2.20. The van der Waals surface area contributed by atoms with Gasteiger partial charge >= 0.3 is 13.8 Å². The summed E-state index contributed by atoms with van der Waals surface area (Å²) >= 11 is 0. The topological polar surface area (TPSA) is 132 Å². The molecular weight excluding hydrogens is 848 g/mol. The van der Waals surface area contributed by atoms with Gasteiger partial charge in [0.25, 0.3) is 0 Å². The Morgan fingerprint density at radius 3 is 1.30 bits per heavy atom. The number of phosphoric acid groups is 1. The van der Waals surface area contributed by atoms with Gasteiger partial charge in [0.1, 0.15) is 12.2 Å². The van der Waals surface area contributed by atoms with Gasteiger partial charge in [0, 0.05) is 13.0 Å². The maximum Gasteiger partial charge on any atom is 0.472 e. The molecule has 0 aromatic carbocycles. The molecule has 0 radical (unpaired) electrons. The summed E-state index contributed by atoms with van der Waals surface area (Å²) in [5.74, 6) is -0.406. The molecule has 0 amide bonds. The summed E-state index contributed by atoms with van der Waals surface area (Å²) in [5, 5.41) is 18.4. The molecule has 3 unspecified atom stereocenters. The Morgan fingerprint density at radius 2 is 0.864 bits per heavy atom. The molecule has 0 aliphatic carbocycles. The maximum absolute atomic E-state index is 12.7. The summed E-state index contributed by atoms with van der Waals surface area (Å²) in [5.41, 5.74) is 0. The van der Waals surface area contributed by atoms with Crippen molar-refractivity contribution in [3.05, 3.63) is 109 Å². The molecule has 378 valence electrons. The smallest absolute Gasteiger partial charge is 0.457 e. The number of phosphoric ester groups is 1. The second-order valence-corrected chi connectivity index (χ2v) is 18.3. The fraction of sp³-hybridized carbons (Fsp3) is 0.661. The number of ether oxygens (including phenoxy) is 2. The zero-order valence-electron chi connectivity index (χ0n) is 41.6. The Balaban J connectivity index is 4.21. The van der Waals surface area contributed by atoms with Crippen LogP contribution in [-0.2, 0) is 27.9 Å². The number of aliphatic hydroxyl groups is 2. The zero-order valence-corrected chi connectivity index (χ0v) is 42.5. The second-order valence-electron chi connectivity index (χ2n) is 16.8. The van der Waals surface area contributed by atoms with E-state index in [1.165, 1.54) is 70.6 Å². The van der Waals surface area contributed by atoms with Crippen LogP contribution in [0.15, 0.2) is 109 Å². The predicted molar refractivity (Wildman–Crippen MR) is 278 cm³/mol. The monoisotopic (exact) mass is 943 g/mol. The number of aliphatic hydroxyl groups excluding tert-OH is 2. The van der Waals surface area contributed by atoms with E-state index in [1.54, 1.807) is 0 Å². The van der Waals surface area contributed by atoms with Crippen LogP contribution in [-0.4, -0.2) is 66.3 Å². The molecule has 66 heavy (non-hydrogen) atoms. The van der Waals surface area contributed by atoms with Crippen molar-refractivity contribution in [2.45, 2.75) is 206 Å². The number of esters is 1. The molecule has 0 aromatic rings. The van der Waals surface area contributed by atoms with Crippen LogP contribution >= 0.6 is 7.82 Å². The molecule has 9 nitrogen and oxygen atoms in total. The van der Waals surface area contributed by atoms with Crippen molar-refractivity contribution in [2.75, 3.05) is 33.0 Å². The number of hydrogen-bond donors (Lipinski definition) is 3. The highest BCUT2D eigenvalue weighted by Gasteiger charge is 2.26. The van der Waals surface area contributed by atoms with Gasteiger partial charge in [-0.15, -0.1) is 0 Å². The fourth-order valence-electron chi connectivity index (χ4n) is 6.54. The average Bonchev–Trinajstić information content (AvgIpc) is 3.31. The third-order valence-electron chi connectivity index (χ3n) is 10.4. The number of carbonyl (C=O) groups excluding carboxylic acids is 1. The normalized spacial score (nSPS) is 14.7. The van der Waals surface area contributed by atoms with Crippen LogP contribution in [0.25, 0.3) is 0 Å². The highest BCUT2D eigenvalue weighted by Crippen LogP contribution is 2.43. The summed E-state index contributed by atoms with van der Waals surface area (Å²) in [7, 11) is -4.55. The maximum atomic E-state index is 12.7. The third-order valence-corrected chi connectivity index (χ3v) is 11.4. The van der Waals surface area contributed by atoms with E-state index in [2.05, 4.69) is 123 Å². The minimum Gasteiger partial charge on any atom is -0.457 e. The van der Waals surface area contributed by atoms with E-state index in [-0.39, 0.29) is 13.0 Å². The summed E-state index contributed by atoms with van der Waals surface area (Å²) in [6.07, 6.45) is 67.7. The first-order valence-corrected chi connectivity index (χ1v) is 27.4. The molecule has 10 heteroatoms. The molecule has 0 aliphatic heterocycles. The number of carbonyl (C=O) groups is 1.